The molecule has 1 heterocycles. The molecule has 2 aromatic rings. The second kappa shape index (κ2) is 4.36. The average Bonchev–Trinajstić information content (AvgIpc) is 2.66. The van der Waals surface area contributed by atoms with Gasteiger partial charge in [0.2, 0.25) is 0 Å². The quantitative estimate of drug-likeness (QED) is 0.726. The van der Waals surface area contributed by atoms with Crippen molar-refractivity contribution in [2.24, 2.45) is 0 Å². The van der Waals surface area contributed by atoms with Crippen molar-refractivity contribution >= 4 is 28.7 Å². The van der Waals surface area contributed by atoms with Gasteiger partial charge in [0, 0.05) is 10.4 Å². The molecule has 0 aliphatic rings. The highest BCUT2D eigenvalue weighted by Crippen LogP contribution is 2.33. The second-order valence-electron chi connectivity index (χ2n) is 3.34. The van der Waals surface area contributed by atoms with Crippen LogP contribution in [0.1, 0.15) is 16.6 Å². The van der Waals surface area contributed by atoms with Gasteiger partial charge >= 0.3 is 0 Å². The topological polar surface area (TPSA) is 17.1 Å². The Morgan fingerprint density at radius 1 is 1.31 bits per heavy atom. The molecular weight excluding hydrogens is 247 g/mol. The molecular formula is C12H8ClFOS. The van der Waals surface area contributed by atoms with Crippen LogP contribution >= 0.6 is 22.9 Å². The molecule has 1 aromatic carbocycles. The summed E-state index contributed by atoms with van der Waals surface area (Å²) in [6.07, 6.45) is 0. The molecule has 0 bridgehead atoms. The highest BCUT2D eigenvalue weighted by molar-refractivity contribution is 7.17. The lowest BCUT2D eigenvalue weighted by molar-refractivity contribution is 0.102. The van der Waals surface area contributed by atoms with E-state index in [1.807, 2.05) is 6.07 Å². The average molecular weight is 255 g/mol. The maximum atomic E-state index is 12.9. The van der Waals surface area contributed by atoms with Crippen molar-refractivity contribution in [3.05, 3.63) is 46.0 Å². The Morgan fingerprint density at radius 2 is 2.06 bits per heavy atom. The summed E-state index contributed by atoms with van der Waals surface area (Å²) in [6, 6.07) is 7.81. The lowest BCUT2D eigenvalue weighted by atomic mass is 10.2. The number of hydrogen-bond donors (Lipinski definition) is 0. The van der Waals surface area contributed by atoms with Crippen LogP contribution in [0, 0.1) is 5.82 Å². The third-order valence-corrected chi connectivity index (χ3v) is 3.68. The fourth-order valence-corrected chi connectivity index (χ4v) is 2.63. The Labute approximate surface area is 101 Å². The van der Waals surface area contributed by atoms with Crippen LogP contribution in [0.4, 0.5) is 4.39 Å². The van der Waals surface area contributed by atoms with E-state index in [0.717, 1.165) is 10.4 Å². The van der Waals surface area contributed by atoms with Gasteiger partial charge < -0.3 is 0 Å². The summed E-state index contributed by atoms with van der Waals surface area (Å²) >= 11 is 7.29. The normalized spacial score (nSPS) is 10.4. The van der Waals surface area contributed by atoms with Crippen molar-refractivity contribution < 1.29 is 9.18 Å². The zero-order valence-electron chi connectivity index (χ0n) is 8.46. The van der Waals surface area contributed by atoms with Gasteiger partial charge in [-0.25, -0.2) is 4.39 Å². The number of benzene rings is 1. The van der Waals surface area contributed by atoms with Crippen LogP contribution in [0.5, 0.6) is 0 Å². The number of Topliss-reactive ketones (excluding diaryl/α,β-unsaturated/α-hetero) is 1. The van der Waals surface area contributed by atoms with Gasteiger partial charge in [0.25, 0.3) is 0 Å². The Morgan fingerprint density at radius 3 is 2.62 bits per heavy atom. The zero-order chi connectivity index (χ0) is 11.7. The molecule has 1 nitrogen and oxygen atoms in total. The molecule has 0 aliphatic carbocycles. The van der Waals surface area contributed by atoms with Gasteiger partial charge in [-0.05, 0) is 37.3 Å². The van der Waals surface area contributed by atoms with Crippen molar-refractivity contribution in [2.75, 3.05) is 0 Å². The van der Waals surface area contributed by atoms with Gasteiger partial charge in [-0.2, -0.15) is 0 Å². The van der Waals surface area contributed by atoms with Gasteiger partial charge in [-0.1, -0.05) is 11.6 Å². The number of halogens is 2. The smallest absolute Gasteiger partial charge is 0.169 e. The van der Waals surface area contributed by atoms with Crippen LogP contribution < -0.4 is 0 Å². The van der Waals surface area contributed by atoms with E-state index in [9.17, 15) is 9.18 Å². The molecule has 82 valence electrons. The standard InChI is InChI=1S/C12H8ClFOS/c1-7(15)11-4-5-12(16-11)9-3-2-8(14)6-10(9)13/h2-6H,1H3. The highest BCUT2D eigenvalue weighted by Gasteiger charge is 2.09. The summed E-state index contributed by atoms with van der Waals surface area (Å²) in [7, 11) is 0. The molecule has 0 saturated heterocycles. The first kappa shape index (κ1) is 11.3. The van der Waals surface area contributed by atoms with E-state index < -0.39 is 0 Å². The van der Waals surface area contributed by atoms with Crippen LogP contribution in [0.15, 0.2) is 30.3 Å². The molecule has 0 spiro atoms. The molecule has 0 fully saturated rings. The summed E-state index contributed by atoms with van der Waals surface area (Å²) in [6.45, 7) is 1.52. The maximum absolute atomic E-state index is 12.9. The Kier molecular flexibility index (Phi) is 3.08. The van der Waals surface area contributed by atoms with Gasteiger partial charge in [0.1, 0.15) is 5.82 Å². The minimum Gasteiger partial charge on any atom is -0.294 e. The fraction of sp³-hybridized carbons (Fsp3) is 0.0833. The Balaban J connectivity index is 2.46. The summed E-state index contributed by atoms with van der Waals surface area (Å²) in [4.78, 5) is 12.7. The van der Waals surface area contributed by atoms with E-state index in [1.54, 1.807) is 12.1 Å². The molecule has 0 saturated carbocycles. The summed E-state index contributed by atoms with van der Waals surface area (Å²) in [5.74, 6) is -0.341. The van der Waals surface area contributed by atoms with E-state index in [2.05, 4.69) is 0 Å². The van der Waals surface area contributed by atoms with Crippen LogP contribution in [-0.2, 0) is 0 Å². The largest absolute Gasteiger partial charge is 0.294 e. The van der Waals surface area contributed by atoms with Crippen molar-refractivity contribution in [2.45, 2.75) is 6.92 Å². The maximum Gasteiger partial charge on any atom is 0.169 e. The number of carbonyl (C=O) groups excluding carboxylic acids is 1. The van der Waals surface area contributed by atoms with Gasteiger partial charge in [-0.3, -0.25) is 4.79 Å². The second-order valence-corrected chi connectivity index (χ2v) is 4.84. The number of carbonyl (C=O) groups is 1. The minimum absolute atomic E-state index is 0.0227. The Bertz CT molecular complexity index is 548. The molecule has 0 atom stereocenters. The molecule has 16 heavy (non-hydrogen) atoms. The zero-order valence-corrected chi connectivity index (χ0v) is 10.0. The number of thiophene rings is 1. The van der Waals surface area contributed by atoms with Crippen molar-refractivity contribution in [3.8, 4) is 10.4 Å². The van der Waals surface area contributed by atoms with Crippen molar-refractivity contribution in [1.82, 2.24) is 0 Å². The lowest BCUT2D eigenvalue weighted by Gasteiger charge is -2.00. The summed E-state index contributed by atoms with van der Waals surface area (Å²) < 4.78 is 12.9. The van der Waals surface area contributed by atoms with E-state index in [1.165, 1.54) is 30.4 Å². The number of rotatable bonds is 2. The van der Waals surface area contributed by atoms with E-state index in [-0.39, 0.29) is 11.6 Å². The molecule has 1 aromatic heterocycles. The van der Waals surface area contributed by atoms with Crippen LogP contribution in [0.2, 0.25) is 5.02 Å². The molecule has 4 heteroatoms. The monoisotopic (exact) mass is 254 g/mol. The van der Waals surface area contributed by atoms with Gasteiger partial charge in [0.05, 0.1) is 9.90 Å². The summed E-state index contributed by atoms with van der Waals surface area (Å²) in [5.41, 5.74) is 0.751. The first-order valence-corrected chi connectivity index (χ1v) is 5.83. The van der Waals surface area contributed by atoms with E-state index >= 15 is 0 Å². The van der Waals surface area contributed by atoms with Gasteiger partial charge in [-0.15, -0.1) is 11.3 Å². The highest BCUT2D eigenvalue weighted by atomic mass is 35.5. The van der Waals surface area contributed by atoms with Crippen LogP contribution in [0.25, 0.3) is 10.4 Å². The van der Waals surface area contributed by atoms with E-state index in [0.29, 0.717) is 9.90 Å². The molecule has 0 amide bonds. The first-order valence-electron chi connectivity index (χ1n) is 4.64. The first-order chi connectivity index (χ1) is 7.58. The minimum atomic E-state index is -0.364. The Hall–Kier alpha value is -1.19. The summed E-state index contributed by atoms with van der Waals surface area (Å²) in [5, 5.41) is 0.358. The van der Waals surface area contributed by atoms with Crippen LogP contribution in [0.3, 0.4) is 0 Å². The van der Waals surface area contributed by atoms with Crippen molar-refractivity contribution in [1.29, 1.82) is 0 Å². The third-order valence-electron chi connectivity index (χ3n) is 2.15. The van der Waals surface area contributed by atoms with Gasteiger partial charge in [0.15, 0.2) is 5.78 Å². The fourth-order valence-electron chi connectivity index (χ4n) is 1.36. The molecule has 0 unspecified atom stereocenters. The predicted octanol–water partition coefficient (Wildman–Crippen LogP) is 4.41. The van der Waals surface area contributed by atoms with E-state index in [4.69, 9.17) is 11.6 Å². The molecule has 0 radical (unpaired) electrons. The molecule has 0 aliphatic heterocycles. The number of hydrogen-bond acceptors (Lipinski definition) is 2. The SMILES string of the molecule is CC(=O)c1ccc(-c2ccc(F)cc2Cl)s1. The number of ketones is 1. The lowest BCUT2D eigenvalue weighted by Crippen LogP contribution is -1.83. The molecule has 2 rings (SSSR count). The van der Waals surface area contributed by atoms with Crippen LogP contribution in [-0.4, -0.2) is 5.78 Å². The predicted molar refractivity (Wildman–Crippen MR) is 64.7 cm³/mol. The third kappa shape index (κ3) is 2.15. The van der Waals surface area contributed by atoms with Crippen molar-refractivity contribution in [3.63, 3.8) is 0 Å². The molecule has 0 N–H and O–H groups in total.